The number of benzene rings is 2. The highest BCUT2D eigenvalue weighted by Crippen LogP contribution is 2.34. The van der Waals surface area contributed by atoms with E-state index in [2.05, 4.69) is 16.2 Å². The molecule has 2 aromatic carbocycles. The number of hydrazine groups is 1. The number of carbonyl (C=O) groups excluding carboxylic acids is 2. The number of anilines is 2. The molecule has 0 aliphatic carbocycles. The molecule has 0 fully saturated rings. The maximum Gasteiger partial charge on any atom is 0.418 e. The summed E-state index contributed by atoms with van der Waals surface area (Å²) in [5.41, 5.74) is 5.25. The molecule has 0 spiro atoms. The van der Waals surface area contributed by atoms with Gasteiger partial charge in [0.15, 0.2) is 0 Å². The summed E-state index contributed by atoms with van der Waals surface area (Å²) in [6, 6.07) is 12.3. The van der Waals surface area contributed by atoms with Gasteiger partial charge in [-0.05, 0) is 36.6 Å². The Balaban J connectivity index is 1.53. The fourth-order valence-electron chi connectivity index (χ4n) is 2.99. The molecule has 0 aromatic heterocycles. The molecule has 8 heteroatoms. The third-order valence-electron chi connectivity index (χ3n) is 4.40. The van der Waals surface area contributed by atoms with Crippen LogP contribution >= 0.6 is 0 Å². The maximum atomic E-state index is 12.9. The van der Waals surface area contributed by atoms with Crippen molar-refractivity contribution >= 4 is 23.2 Å². The number of nitrogens with one attached hydrogen (secondary N) is 3. The lowest BCUT2D eigenvalue weighted by atomic mass is 9.89. The van der Waals surface area contributed by atoms with Gasteiger partial charge >= 0.3 is 6.18 Å². The fraction of sp³-hybridized carbons (Fsp3) is 0.263. The van der Waals surface area contributed by atoms with Crippen molar-refractivity contribution in [2.24, 2.45) is 5.92 Å². The second-order valence-corrected chi connectivity index (χ2v) is 6.30. The van der Waals surface area contributed by atoms with Gasteiger partial charge in [0, 0.05) is 18.0 Å². The van der Waals surface area contributed by atoms with Crippen LogP contribution < -0.4 is 16.2 Å². The van der Waals surface area contributed by atoms with Gasteiger partial charge in [0.25, 0.3) is 0 Å². The molecular formula is C19H18F3N3O2. The van der Waals surface area contributed by atoms with E-state index < -0.39 is 17.6 Å². The molecule has 2 amide bonds. The lowest BCUT2D eigenvalue weighted by Gasteiger charge is -2.24. The zero-order valence-electron chi connectivity index (χ0n) is 14.3. The Hall–Kier alpha value is -3.03. The van der Waals surface area contributed by atoms with Crippen molar-refractivity contribution in [2.75, 3.05) is 10.7 Å². The Labute approximate surface area is 153 Å². The number of rotatable bonds is 5. The van der Waals surface area contributed by atoms with Crippen molar-refractivity contribution in [2.45, 2.75) is 25.4 Å². The van der Waals surface area contributed by atoms with E-state index in [-0.39, 0.29) is 23.9 Å². The Bertz CT molecular complexity index is 852. The molecule has 1 aliphatic heterocycles. The molecule has 0 saturated heterocycles. The molecule has 142 valence electrons. The second-order valence-electron chi connectivity index (χ2n) is 6.30. The van der Waals surface area contributed by atoms with Gasteiger partial charge < -0.3 is 5.32 Å². The van der Waals surface area contributed by atoms with E-state index in [4.69, 9.17) is 0 Å². The predicted octanol–water partition coefficient (Wildman–Crippen LogP) is 3.74. The lowest BCUT2D eigenvalue weighted by Crippen LogP contribution is -2.33. The molecule has 27 heavy (non-hydrogen) atoms. The summed E-state index contributed by atoms with van der Waals surface area (Å²) in [6.45, 7) is 0. The Morgan fingerprint density at radius 1 is 1.11 bits per heavy atom. The van der Waals surface area contributed by atoms with E-state index in [0.29, 0.717) is 12.8 Å². The molecule has 1 atom stereocenters. The Morgan fingerprint density at radius 3 is 2.59 bits per heavy atom. The van der Waals surface area contributed by atoms with Crippen molar-refractivity contribution in [1.29, 1.82) is 0 Å². The summed E-state index contributed by atoms with van der Waals surface area (Å²) >= 11 is 0. The Morgan fingerprint density at radius 2 is 1.81 bits per heavy atom. The largest absolute Gasteiger partial charge is 0.418 e. The fourth-order valence-corrected chi connectivity index (χ4v) is 2.99. The van der Waals surface area contributed by atoms with Crippen molar-refractivity contribution in [3.63, 3.8) is 0 Å². The topological polar surface area (TPSA) is 70.2 Å². The molecule has 3 rings (SSSR count). The first-order chi connectivity index (χ1) is 12.8. The molecule has 0 radical (unpaired) electrons. The van der Waals surface area contributed by atoms with Crippen LogP contribution in [0.15, 0.2) is 48.5 Å². The molecule has 1 unspecified atom stereocenters. The van der Waals surface area contributed by atoms with Gasteiger partial charge in [-0.2, -0.15) is 13.2 Å². The predicted molar refractivity (Wildman–Crippen MR) is 94.7 cm³/mol. The quantitative estimate of drug-likeness (QED) is 0.696. The van der Waals surface area contributed by atoms with Gasteiger partial charge in [0.1, 0.15) is 0 Å². The molecule has 0 bridgehead atoms. The Kier molecular flexibility index (Phi) is 5.34. The minimum atomic E-state index is -4.53. The number of fused-ring (bicyclic) bond motifs is 1. The minimum absolute atomic E-state index is 0.0153. The number of amides is 2. The molecular weight excluding hydrogens is 359 g/mol. The smallest absolute Gasteiger partial charge is 0.326 e. The lowest BCUT2D eigenvalue weighted by molar-refractivity contribution is -0.137. The van der Waals surface area contributed by atoms with Gasteiger partial charge in [-0.25, -0.2) is 0 Å². The first kappa shape index (κ1) is 18.8. The number of hydrogen-bond donors (Lipinski definition) is 3. The van der Waals surface area contributed by atoms with Crippen LogP contribution in [0, 0.1) is 5.92 Å². The highest BCUT2D eigenvalue weighted by molar-refractivity contribution is 5.96. The number of hydrogen-bond acceptors (Lipinski definition) is 3. The third-order valence-corrected chi connectivity index (χ3v) is 4.40. The van der Waals surface area contributed by atoms with Gasteiger partial charge in [-0.15, -0.1) is 0 Å². The third kappa shape index (κ3) is 4.58. The molecule has 5 nitrogen and oxygen atoms in total. The van der Waals surface area contributed by atoms with Crippen LogP contribution in [0.4, 0.5) is 24.5 Å². The highest BCUT2D eigenvalue weighted by atomic mass is 19.4. The minimum Gasteiger partial charge on any atom is -0.326 e. The summed E-state index contributed by atoms with van der Waals surface area (Å²) in [6.07, 6.45) is -3.68. The van der Waals surface area contributed by atoms with E-state index in [1.165, 1.54) is 18.2 Å². The van der Waals surface area contributed by atoms with Gasteiger partial charge in [0.2, 0.25) is 11.8 Å². The molecule has 2 aromatic rings. The van der Waals surface area contributed by atoms with Crippen LogP contribution in [0.1, 0.15) is 24.0 Å². The van der Waals surface area contributed by atoms with Crippen LogP contribution in [0.3, 0.4) is 0 Å². The zero-order valence-corrected chi connectivity index (χ0v) is 14.3. The van der Waals surface area contributed by atoms with Crippen molar-refractivity contribution in [3.05, 3.63) is 59.7 Å². The monoisotopic (exact) mass is 377 g/mol. The molecule has 0 saturated carbocycles. The SMILES string of the molecule is O=C(CCC1Cc2ccccc2NC1=O)NNc1ccccc1C(F)(F)F. The molecule has 1 aliphatic rings. The average molecular weight is 377 g/mol. The summed E-state index contributed by atoms with van der Waals surface area (Å²) in [4.78, 5) is 24.1. The standard InChI is InChI=1S/C19H18F3N3O2/c20-19(21,22)14-6-2-4-8-16(14)24-25-17(26)10-9-13-11-12-5-1-3-7-15(12)23-18(13)27/h1-8,13,24H,9-11H2,(H,23,27)(H,25,26). The van der Waals surface area contributed by atoms with E-state index in [9.17, 15) is 22.8 Å². The van der Waals surface area contributed by atoms with E-state index >= 15 is 0 Å². The number of alkyl halides is 3. The number of carbonyl (C=O) groups is 2. The van der Waals surface area contributed by atoms with Gasteiger partial charge in [0.05, 0.1) is 11.3 Å². The zero-order chi connectivity index (χ0) is 19.4. The first-order valence-corrected chi connectivity index (χ1v) is 8.44. The van der Waals surface area contributed by atoms with E-state index in [1.807, 2.05) is 24.3 Å². The van der Waals surface area contributed by atoms with Crippen LogP contribution in [0.5, 0.6) is 0 Å². The second kappa shape index (κ2) is 7.69. The number of para-hydroxylation sites is 2. The highest BCUT2D eigenvalue weighted by Gasteiger charge is 2.33. The summed E-state index contributed by atoms with van der Waals surface area (Å²) in [5, 5.41) is 2.80. The average Bonchev–Trinajstić information content (AvgIpc) is 2.64. The van der Waals surface area contributed by atoms with Crippen LogP contribution in [-0.2, 0) is 22.2 Å². The molecule has 3 N–H and O–H groups in total. The first-order valence-electron chi connectivity index (χ1n) is 8.44. The normalized spacial score (nSPS) is 16.3. The van der Waals surface area contributed by atoms with E-state index in [0.717, 1.165) is 17.3 Å². The van der Waals surface area contributed by atoms with Crippen LogP contribution in [0.2, 0.25) is 0 Å². The van der Waals surface area contributed by atoms with Crippen molar-refractivity contribution in [1.82, 2.24) is 5.43 Å². The van der Waals surface area contributed by atoms with Crippen molar-refractivity contribution < 1.29 is 22.8 Å². The summed E-state index contributed by atoms with van der Waals surface area (Å²) < 4.78 is 38.8. The van der Waals surface area contributed by atoms with Gasteiger partial charge in [-0.1, -0.05) is 30.3 Å². The summed E-state index contributed by atoms with van der Waals surface area (Å²) in [7, 11) is 0. The number of halogens is 3. The van der Waals surface area contributed by atoms with E-state index in [1.54, 1.807) is 0 Å². The molecule has 1 heterocycles. The summed E-state index contributed by atoms with van der Waals surface area (Å²) in [5.74, 6) is -0.997. The van der Waals surface area contributed by atoms with Gasteiger partial charge in [-0.3, -0.25) is 20.4 Å². The van der Waals surface area contributed by atoms with Crippen LogP contribution in [0.25, 0.3) is 0 Å². The van der Waals surface area contributed by atoms with Crippen molar-refractivity contribution in [3.8, 4) is 0 Å². The van der Waals surface area contributed by atoms with Crippen LogP contribution in [-0.4, -0.2) is 11.8 Å². The maximum absolute atomic E-state index is 12.9.